The Morgan fingerprint density at radius 3 is 2.90 bits per heavy atom. The summed E-state index contributed by atoms with van der Waals surface area (Å²) < 4.78 is 5.89. The molecule has 2 aromatic heterocycles. The number of carboxylic acids is 1. The van der Waals surface area contributed by atoms with E-state index in [0.29, 0.717) is 25.0 Å². The smallest absolute Gasteiger partial charge is 0.305 e. The summed E-state index contributed by atoms with van der Waals surface area (Å²) >= 11 is 0. The highest BCUT2D eigenvalue weighted by Crippen LogP contribution is 2.31. The van der Waals surface area contributed by atoms with Gasteiger partial charge in [0.15, 0.2) is 0 Å². The van der Waals surface area contributed by atoms with Crippen LogP contribution in [0.15, 0.2) is 24.5 Å². The maximum atomic E-state index is 11.3. The van der Waals surface area contributed by atoms with Gasteiger partial charge in [0.2, 0.25) is 0 Å². The second kappa shape index (κ2) is 9.49. The summed E-state index contributed by atoms with van der Waals surface area (Å²) in [7, 11) is 0. The number of carbonyl (C=O) groups is 1. The summed E-state index contributed by atoms with van der Waals surface area (Å²) in [5.74, 6) is 1.32. The van der Waals surface area contributed by atoms with Crippen molar-refractivity contribution in [3.63, 3.8) is 0 Å². The topological polar surface area (TPSA) is 100 Å². The average Bonchev–Trinajstić information content (AvgIpc) is 2.71. The van der Waals surface area contributed by atoms with Crippen molar-refractivity contribution in [2.45, 2.75) is 38.6 Å². The van der Waals surface area contributed by atoms with Crippen molar-refractivity contribution in [1.29, 1.82) is 0 Å². The van der Waals surface area contributed by atoms with Gasteiger partial charge in [0.25, 0.3) is 0 Å². The molecule has 0 amide bonds. The van der Waals surface area contributed by atoms with Crippen molar-refractivity contribution >= 4 is 11.8 Å². The van der Waals surface area contributed by atoms with Gasteiger partial charge < -0.3 is 15.2 Å². The van der Waals surface area contributed by atoms with E-state index in [4.69, 9.17) is 9.72 Å². The fourth-order valence-electron chi connectivity index (χ4n) is 4.10. The van der Waals surface area contributed by atoms with Crippen molar-refractivity contribution in [2.75, 3.05) is 38.2 Å². The Hall–Kier alpha value is -2.58. The first-order chi connectivity index (χ1) is 14.6. The summed E-state index contributed by atoms with van der Waals surface area (Å²) in [5, 5.41) is 12.7. The van der Waals surface area contributed by atoms with Crippen LogP contribution in [0.2, 0.25) is 0 Å². The van der Waals surface area contributed by atoms with Gasteiger partial charge in [-0.05, 0) is 31.4 Å². The summed E-state index contributed by atoms with van der Waals surface area (Å²) in [6, 6.07) is 4.08. The number of pyridine rings is 1. The van der Waals surface area contributed by atoms with Gasteiger partial charge in [0.05, 0.1) is 19.6 Å². The molecule has 1 atom stereocenters. The maximum Gasteiger partial charge on any atom is 0.305 e. The molecule has 0 radical (unpaired) electrons. The molecule has 1 unspecified atom stereocenters. The number of hydrogen-bond donors (Lipinski definition) is 2. The SMILES string of the molecule is Cc1ncc(C(CC(=O)O)N2CC(COCCc3ccc4c(n3)NCCC4)C2)cn1. The number of hydrogen-bond acceptors (Lipinski definition) is 7. The lowest BCUT2D eigenvalue weighted by molar-refractivity contribution is -0.139. The average molecular weight is 412 g/mol. The van der Waals surface area contributed by atoms with Gasteiger partial charge in [0, 0.05) is 61.7 Å². The number of rotatable bonds is 9. The van der Waals surface area contributed by atoms with E-state index < -0.39 is 5.97 Å². The Morgan fingerprint density at radius 2 is 2.13 bits per heavy atom. The van der Waals surface area contributed by atoms with Crippen molar-refractivity contribution < 1.29 is 14.6 Å². The van der Waals surface area contributed by atoms with Crippen molar-refractivity contribution in [2.24, 2.45) is 5.92 Å². The first-order valence-electron chi connectivity index (χ1n) is 10.6. The van der Waals surface area contributed by atoms with Crippen LogP contribution in [-0.4, -0.2) is 63.8 Å². The van der Waals surface area contributed by atoms with Crippen LogP contribution in [0.3, 0.4) is 0 Å². The number of aliphatic carboxylic acids is 1. The zero-order valence-corrected chi connectivity index (χ0v) is 17.4. The van der Waals surface area contributed by atoms with Gasteiger partial charge in [-0.2, -0.15) is 0 Å². The first-order valence-corrected chi connectivity index (χ1v) is 10.6. The largest absolute Gasteiger partial charge is 0.481 e. The van der Waals surface area contributed by atoms with Crippen LogP contribution in [0.1, 0.15) is 41.5 Å². The van der Waals surface area contributed by atoms with Crippen LogP contribution in [0.5, 0.6) is 0 Å². The van der Waals surface area contributed by atoms with Gasteiger partial charge in [0.1, 0.15) is 11.6 Å². The van der Waals surface area contributed by atoms with Crippen LogP contribution in [-0.2, 0) is 22.4 Å². The third-order valence-electron chi connectivity index (χ3n) is 5.79. The number of likely N-dealkylation sites (tertiary alicyclic amines) is 1. The van der Waals surface area contributed by atoms with E-state index in [-0.39, 0.29) is 12.5 Å². The molecular formula is C22H29N5O3. The zero-order valence-electron chi connectivity index (χ0n) is 17.4. The number of aryl methyl sites for hydroxylation is 2. The Balaban J connectivity index is 1.21. The Kier molecular flexibility index (Phi) is 6.54. The van der Waals surface area contributed by atoms with Crippen LogP contribution in [0, 0.1) is 12.8 Å². The van der Waals surface area contributed by atoms with Crippen molar-refractivity contribution in [3.8, 4) is 0 Å². The third-order valence-corrected chi connectivity index (χ3v) is 5.79. The molecule has 1 fully saturated rings. The molecule has 2 aliphatic heterocycles. The highest BCUT2D eigenvalue weighted by molar-refractivity contribution is 5.67. The zero-order chi connectivity index (χ0) is 20.9. The Labute approximate surface area is 176 Å². The molecule has 0 aliphatic carbocycles. The van der Waals surface area contributed by atoms with E-state index in [0.717, 1.165) is 49.6 Å². The molecule has 160 valence electrons. The minimum Gasteiger partial charge on any atom is -0.481 e. The van der Waals surface area contributed by atoms with Gasteiger partial charge in [-0.3, -0.25) is 9.69 Å². The fraction of sp³-hybridized carbons (Fsp3) is 0.545. The summed E-state index contributed by atoms with van der Waals surface area (Å²) in [6.45, 7) is 5.80. The van der Waals surface area contributed by atoms with Crippen LogP contribution >= 0.6 is 0 Å². The van der Waals surface area contributed by atoms with E-state index in [2.05, 4.69) is 32.3 Å². The number of anilines is 1. The first kappa shape index (κ1) is 20.7. The van der Waals surface area contributed by atoms with Crippen LogP contribution < -0.4 is 5.32 Å². The Morgan fingerprint density at radius 1 is 1.33 bits per heavy atom. The summed E-state index contributed by atoms with van der Waals surface area (Å²) in [6.07, 6.45) is 6.59. The van der Waals surface area contributed by atoms with Crippen molar-refractivity contribution in [3.05, 3.63) is 47.2 Å². The minimum atomic E-state index is -0.813. The molecule has 8 heteroatoms. The highest BCUT2D eigenvalue weighted by atomic mass is 16.5. The molecule has 0 saturated carbocycles. The van der Waals surface area contributed by atoms with E-state index >= 15 is 0 Å². The van der Waals surface area contributed by atoms with E-state index in [1.807, 2.05) is 6.92 Å². The van der Waals surface area contributed by atoms with Crippen LogP contribution in [0.25, 0.3) is 0 Å². The van der Waals surface area contributed by atoms with Gasteiger partial charge >= 0.3 is 5.97 Å². The molecule has 2 aromatic rings. The van der Waals surface area contributed by atoms with Crippen molar-refractivity contribution in [1.82, 2.24) is 19.9 Å². The molecule has 0 bridgehead atoms. The Bertz CT molecular complexity index is 868. The number of nitrogens with one attached hydrogen (secondary N) is 1. The predicted molar refractivity (Wildman–Crippen MR) is 112 cm³/mol. The summed E-state index contributed by atoms with van der Waals surface area (Å²) in [4.78, 5) is 26.6. The molecule has 8 nitrogen and oxygen atoms in total. The number of aromatic nitrogens is 3. The molecule has 2 aliphatic rings. The quantitative estimate of drug-likeness (QED) is 0.606. The number of fused-ring (bicyclic) bond motifs is 1. The summed E-state index contributed by atoms with van der Waals surface area (Å²) in [5.41, 5.74) is 3.21. The molecular weight excluding hydrogens is 382 g/mol. The molecule has 30 heavy (non-hydrogen) atoms. The highest BCUT2D eigenvalue weighted by Gasteiger charge is 2.34. The molecule has 4 rings (SSSR count). The normalized spacial score (nSPS) is 17.6. The van der Waals surface area contributed by atoms with Gasteiger partial charge in [-0.1, -0.05) is 6.07 Å². The molecule has 4 heterocycles. The number of ether oxygens (including phenoxy) is 1. The van der Waals surface area contributed by atoms with Crippen LogP contribution in [0.4, 0.5) is 5.82 Å². The standard InChI is InChI=1S/C22H29N5O3/c1-15-24-10-18(11-25-15)20(9-21(28)29)27-12-16(13-27)14-30-8-6-19-5-4-17-3-2-7-23-22(17)26-19/h4-5,10-11,16,20H,2-3,6-9,12-14H2,1H3,(H,23,26)(H,28,29). The molecule has 1 saturated heterocycles. The minimum absolute atomic E-state index is 0.0536. The van der Waals surface area contributed by atoms with E-state index in [1.165, 1.54) is 12.0 Å². The maximum absolute atomic E-state index is 11.3. The van der Waals surface area contributed by atoms with Gasteiger partial charge in [-0.15, -0.1) is 0 Å². The number of nitrogens with zero attached hydrogens (tertiary/aromatic N) is 4. The molecule has 0 aromatic carbocycles. The fourth-order valence-corrected chi connectivity index (χ4v) is 4.10. The van der Waals surface area contributed by atoms with E-state index in [9.17, 15) is 9.90 Å². The second-order valence-corrected chi connectivity index (χ2v) is 8.16. The molecule has 2 N–H and O–H groups in total. The van der Waals surface area contributed by atoms with Gasteiger partial charge in [-0.25, -0.2) is 15.0 Å². The second-order valence-electron chi connectivity index (χ2n) is 8.16. The lowest BCUT2D eigenvalue weighted by Gasteiger charge is -2.43. The lowest BCUT2D eigenvalue weighted by Crippen LogP contribution is -2.50. The third kappa shape index (κ3) is 5.12. The molecule has 0 spiro atoms. The monoisotopic (exact) mass is 411 g/mol. The van der Waals surface area contributed by atoms with E-state index in [1.54, 1.807) is 12.4 Å². The lowest BCUT2D eigenvalue weighted by atomic mass is 9.94. The number of carboxylic acid groups (broad SMARTS) is 1. The predicted octanol–water partition coefficient (Wildman–Crippen LogP) is 2.25.